The van der Waals surface area contributed by atoms with Crippen molar-refractivity contribution in [2.75, 3.05) is 33.4 Å². The number of aliphatic hydroxyl groups excluding tert-OH is 1. The topological polar surface area (TPSA) is 140 Å². The van der Waals surface area contributed by atoms with E-state index in [1.165, 1.54) is 0 Å². The number of benzene rings is 1. The third kappa shape index (κ3) is 11.0. The molecule has 3 unspecified atom stereocenters. The second kappa shape index (κ2) is 15.6. The number of carbonyl (C=O) groups is 1. The number of sulfonamides is 1. The van der Waals surface area contributed by atoms with Gasteiger partial charge in [0.15, 0.2) is 0 Å². The lowest BCUT2D eigenvalue weighted by Gasteiger charge is -2.27. The molecular formula is C24H42ClN3O6S. The predicted octanol–water partition coefficient (Wildman–Crippen LogP) is 2.08. The molecule has 0 heterocycles. The van der Waals surface area contributed by atoms with Crippen molar-refractivity contribution in [1.82, 2.24) is 10.0 Å². The highest BCUT2D eigenvalue weighted by Gasteiger charge is 2.36. The Bertz CT molecular complexity index is 867. The molecule has 1 aromatic rings. The highest BCUT2D eigenvalue weighted by Crippen LogP contribution is 2.27. The van der Waals surface area contributed by atoms with Crippen LogP contribution in [0.25, 0.3) is 0 Å². The van der Waals surface area contributed by atoms with Gasteiger partial charge in [-0.3, -0.25) is 4.79 Å². The molecule has 2 rings (SSSR count). The van der Waals surface area contributed by atoms with Crippen LogP contribution in [-0.2, 0) is 14.8 Å². The molecule has 5 N–H and O–H groups in total. The average molecular weight is 536 g/mol. The normalized spacial score (nSPS) is 16.3. The van der Waals surface area contributed by atoms with Gasteiger partial charge in [-0.05, 0) is 56.1 Å². The molecule has 1 amide bonds. The zero-order valence-corrected chi connectivity index (χ0v) is 22.6. The van der Waals surface area contributed by atoms with Crippen LogP contribution < -0.4 is 20.5 Å². The fourth-order valence-electron chi connectivity index (χ4n) is 3.58. The maximum absolute atomic E-state index is 12.9. The van der Waals surface area contributed by atoms with Gasteiger partial charge in [-0.1, -0.05) is 26.0 Å². The van der Waals surface area contributed by atoms with Gasteiger partial charge in [0, 0.05) is 32.8 Å². The minimum atomic E-state index is -3.37. The van der Waals surface area contributed by atoms with Gasteiger partial charge in [-0.2, -0.15) is 0 Å². The number of para-hydroxylation sites is 1. The van der Waals surface area contributed by atoms with Gasteiger partial charge in [0.2, 0.25) is 10.0 Å². The van der Waals surface area contributed by atoms with E-state index < -0.39 is 22.2 Å². The van der Waals surface area contributed by atoms with Crippen molar-refractivity contribution >= 4 is 28.3 Å². The summed E-state index contributed by atoms with van der Waals surface area (Å²) in [5.74, 6) is 0.516. The number of amides is 1. The largest absolute Gasteiger partial charge is 0.493 e. The molecule has 1 fully saturated rings. The monoisotopic (exact) mass is 535 g/mol. The van der Waals surface area contributed by atoms with E-state index >= 15 is 0 Å². The molecule has 1 aromatic carbocycles. The van der Waals surface area contributed by atoms with E-state index in [-0.39, 0.29) is 41.9 Å². The maximum atomic E-state index is 12.9. The number of nitrogens with two attached hydrogens (primary N) is 1. The van der Waals surface area contributed by atoms with Crippen molar-refractivity contribution < 1.29 is 27.8 Å². The SMILES string of the molecule is COCCCCOc1ccccc1C(=O)NCC(CC(N)C(O)CNS(=O)(=O)C1CC1)C(C)C.Cl. The molecule has 0 bridgehead atoms. The number of halogens is 1. The zero-order chi connectivity index (χ0) is 25.1. The number of carbonyl (C=O) groups excluding carboxylic acids is 1. The first-order valence-corrected chi connectivity index (χ1v) is 13.6. The lowest BCUT2D eigenvalue weighted by molar-refractivity contribution is 0.0928. The summed E-state index contributed by atoms with van der Waals surface area (Å²) in [5, 5.41) is 13.0. The Morgan fingerprint density at radius 3 is 2.46 bits per heavy atom. The Labute approximate surface area is 216 Å². The average Bonchev–Trinajstić information content (AvgIpc) is 3.66. The number of hydrogen-bond acceptors (Lipinski definition) is 7. The van der Waals surface area contributed by atoms with Gasteiger partial charge in [0.25, 0.3) is 5.91 Å². The summed E-state index contributed by atoms with van der Waals surface area (Å²) in [6.07, 6.45) is 2.48. The standard InChI is InChI=1S/C24H41N3O6S.ClH/c1-17(2)18(14-21(25)22(28)16-27-34(30,31)19-10-11-19)15-26-24(29)20-8-4-5-9-23(20)33-13-7-6-12-32-3;/h4-5,8-9,17-19,21-22,27-28H,6-7,10-16,25H2,1-3H3,(H,26,29);1H. The smallest absolute Gasteiger partial charge is 0.255 e. The van der Waals surface area contributed by atoms with Gasteiger partial charge in [-0.25, -0.2) is 13.1 Å². The molecule has 11 heteroatoms. The molecular weight excluding hydrogens is 494 g/mol. The first-order valence-electron chi connectivity index (χ1n) is 12.1. The fraction of sp³-hybridized carbons (Fsp3) is 0.708. The second-order valence-electron chi connectivity index (χ2n) is 9.32. The van der Waals surface area contributed by atoms with Crippen LogP contribution in [-0.4, -0.2) is 70.2 Å². The minimum absolute atomic E-state index is 0. The summed E-state index contributed by atoms with van der Waals surface area (Å²) in [7, 11) is -1.71. The lowest BCUT2D eigenvalue weighted by Crippen LogP contribution is -2.46. The van der Waals surface area contributed by atoms with E-state index in [0.717, 1.165) is 12.8 Å². The van der Waals surface area contributed by atoms with Crippen LogP contribution in [0, 0.1) is 11.8 Å². The van der Waals surface area contributed by atoms with Crippen LogP contribution in [0.4, 0.5) is 0 Å². The molecule has 0 aliphatic heterocycles. The predicted molar refractivity (Wildman–Crippen MR) is 139 cm³/mol. The molecule has 0 saturated heterocycles. The number of ether oxygens (including phenoxy) is 2. The van der Waals surface area contributed by atoms with Crippen molar-refractivity contribution in [1.29, 1.82) is 0 Å². The van der Waals surface area contributed by atoms with Crippen molar-refractivity contribution in [3.05, 3.63) is 29.8 Å². The van der Waals surface area contributed by atoms with Crippen LogP contribution >= 0.6 is 12.4 Å². The third-order valence-corrected chi connectivity index (χ3v) is 8.04. The van der Waals surface area contributed by atoms with Crippen LogP contribution in [0.1, 0.15) is 56.3 Å². The summed E-state index contributed by atoms with van der Waals surface area (Å²) < 4.78 is 37.3. The fourth-order valence-corrected chi connectivity index (χ4v) is 4.97. The maximum Gasteiger partial charge on any atom is 0.255 e. The van der Waals surface area contributed by atoms with E-state index in [1.807, 2.05) is 19.9 Å². The molecule has 35 heavy (non-hydrogen) atoms. The van der Waals surface area contributed by atoms with Crippen LogP contribution in [0.3, 0.4) is 0 Å². The number of unbranched alkanes of at least 4 members (excludes halogenated alkanes) is 1. The van der Waals surface area contributed by atoms with Crippen molar-refractivity contribution in [2.45, 2.75) is 63.3 Å². The molecule has 0 radical (unpaired) electrons. The summed E-state index contributed by atoms with van der Waals surface area (Å²) in [4.78, 5) is 12.9. The number of rotatable bonds is 17. The molecule has 1 aliphatic carbocycles. The van der Waals surface area contributed by atoms with Crippen molar-refractivity contribution in [3.8, 4) is 5.75 Å². The van der Waals surface area contributed by atoms with Crippen molar-refractivity contribution in [3.63, 3.8) is 0 Å². The Hall–Kier alpha value is -1.43. The first-order chi connectivity index (χ1) is 16.2. The van der Waals surface area contributed by atoms with Gasteiger partial charge in [-0.15, -0.1) is 12.4 Å². The highest BCUT2D eigenvalue weighted by molar-refractivity contribution is 7.90. The quantitative estimate of drug-likeness (QED) is 0.224. The van der Waals surface area contributed by atoms with Crippen LogP contribution in [0.2, 0.25) is 0 Å². The van der Waals surface area contributed by atoms with E-state index in [4.69, 9.17) is 15.2 Å². The molecule has 0 spiro atoms. The van der Waals surface area contributed by atoms with Crippen molar-refractivity contribution in [2.24, 2.45) is 17.6 Å². The van der Waals surface area contributed by atoms with E-state index in [0.29, 0.717) is 50.3 Å². The lowest BCUT2D eigenvalue weighted by atomic mass is 9.87. The number of aliphatic hydroxyl groups is 1. The minimum Gasteiger partial charge on any atom is -0.493 e. The molecule has 3 atom stereocenters. The highest BCUT2D eigenvalue weighted by atomic mass is 35.5. The Kier molecular flexibility index (Phi) is 14.1. The summed E-state index contributed by atoms with van der Waals surface area (Å²) >= 11 is 0. The Morgan fingerprint density at radius 2 is 1.83 bits per heavy atom. The first kappa shape index (κ1) is 31.6. The van der Waals surface area contributed by atoms with E-state index in [9.17, 15) is 18.3 Å². The zero-order valence-electron chi connectivity index (χ0n) is 20.9. The summed E-state index contributed by atoms with van der Waals surface area (Å²) in [6.45, 7) is 5.51. The second-order valence-corrected chi connectivity index (χ2v) is 11.4. The summed E-state index contributed by atoms with van der Waals surface area (Å²) in [6, 6.07) is 6.51. The van der Waals surface area contributed by atoms with E-state index in [1.54, 1.807) is 25.3 Å². The summed E-state index contributed by atoms with van der Waals surface area (Å²) in [5.41, 5.74) is 6.65. The van der Waals surface area contributed by atoms with Gasteiger partial charge in [0.1, 0.15) is 5.75 Å². The molecule has 1 aliphatic rings. The van der Waals surface area contributed by atoms with Crippen LogP contribution in [0.5, 0.6) is 5.75 Å². The van der Waals surface area contributed by atoms with Gasteiger partial charge < -0.3 is 25.6 Å². The van der Waals surface area contributed by atoms with Gasteiger partial charge >= 0.3 is 0 Å². The van der Waals surface area contributed by atoms with Gasteiger partial charge in [0.05, 0.1) is 23.5 Å². The molecule has 9 nitrogen and oxygen atoms in total. The third-order valence-electron chi connectivity index (χ3n) is 6.13. The number of hydrogen-bond donors (Lipinski definition) is 4. The number of methoxy groups -OCH3 is 1. The molecule has 0 aromatic heterocycles. The molecule has 1 saturated carbocycles. The van der Waals surface area contributed by atoms with E-state index in [2.05, 4.69) is 10.0 Å². The Morgan fingerprint density at radius 1 is 1.17 bits per heavy atom. The molecule has 202 valence electrons. The Balaban J connectivity index is 0.00000612. The number of nitrogens with one attached hydrogen (secondary N) is 2. The van der Waals surface area contributed by atoms with Crippen LogP contribution in [0.15, 0.2) is 24.3 Å².